The smallest absolute Gasteiger partial charge is 0.283 e. The lowest BCUT2D eigenvalue weighted by Gasteiger charge is -2.31. The third-order valence-electron chi connectivity index (χ3n) is 2.12. The molecule has 5 heteroatoms. The third-order valence-corrected chi connectivity index (χ3v) is 6.98. The minimum absolute atomic E-state index is 0.923. The highest BCUT2D eigenvalue weighted by atomic mass is 31.2. The van der Waals surface area contributed by atoms with Gasteiger partial charge in [-0.2, -0.15) is 0 Å². The van der Waals surface area contributed by atoms with Crippen molar-refractivity contribution < 1.29 is 8.78 Å². The summed E-state index contributed by atoms with van der Waals surface area (Å²) in [5.74, 6) is 0. The van der Waals surface area contributed by atoms with Crippen molar-refractivity contribution in [3.05, 3.63) is 30.3 Å². The van der Waals surface area contributed by atoms with E-state index in [0.29, 0.717) is 0 Å². The SMILES string of the molecule is CN(c1ccccc1)P(C)(=O)O[Si](C)(C)C. The quantitative estimate of drug-likeness (QED) is 0.607. The molecule has 1 atom stereocenters. The van der Waals surface area contributed by atoms with Crippen molar-refractivity contribution >= 4 is 21.5 Å². The molecular weight excluding hydrogens is 237 g/mol. The van der Waals surface area contributed by atoms with E-state index in [-0.39, 0.29) is 0 Å². The molecule has 0 fully saturated rings. The summed E-state index contributed by atoms with van der Waals surface area (Å²) in [5.41, 5.74) is 0.923. The first-order valence-corrected chi connectivity index (χ1v) is 10.7. The lowest BCUT2D eigenvalue weighted by Crippen LogP contribution is -2.28. The van der Waals surface area contributed by atoms with Crippen LogP contribution in [-0.4, -0.2) is 22.0 Å². The molecule has 1 unspecified atom stereocenters. The molecule has 16 heavy (non-hydrogen) atoms. The lowest BCUT2D eigenvalue weighted by molar-refractivity contribution is 0.485. The summed E-state index contributed by atoms with van der Waals surface area (Å²) in [6, 6.07) is 9.67. The van der Waals surface area contributed by atoms with E-state index in [4.69, 9.17) is 4.21 Å². The second-order valence-electron chi connectivity index (χ2n) is 4.87. The largest absolute Gasteiger partial charge is 0.356 e. The average Bonchev–Trinajstić information content (AvgIpc) is 2.14. The first kappa shape index (κ1) is 13.5. The van der Waals surface area contributed by atoms with Crippen LogP contribution in [0.1, 0.15) is 0 Å². The Morgan fingerprint density at radius 2 is 1.69 bits per heavy atom. The van der Waals surface area contributed by atoms with Crippen LogP contribution in [0.4, 0.5) is 5.69 Å². The zero-order chi connectivity index (χ0) is 12.4. The maximum absolute atomic E-state index is 12.5. The van der Waals surface area contributed by atoms with Gasteiger partial charge in [0.2, 0.25) is 0 Å². The van der Waals surface area contributed by atoms with Crippen LogP contribution in [0.3, 0.4) is 0 Å². The van der Waals surface area contributed by atoms with Crippen molar-refractivity contribution in [2.75, 3.05) is 18.4 Å². The van der Waals surface area contributed by atoms with E-state index in [1.165, 1.54) is 0 Å². The molecule has 0 aliphatic carbocycles. The Balaban J connectivity index is 2.89. The zero-order valence-electron chi connectivity index (χ0n) is 10.6. The van der Waals surface area contributed by atoms with E-state index >= 15 is 0 Å². The Hall–Kier alpha value is -0.573. The fourth-order valence-electron chi connectivity index (χ4n) is 1.42. The van der Waals surface area contributed by atoms with E-state index in [0.717, 1.165) is 5.69 Å². The molecule has 0 amide bonds. The van der Waals surface area contributed by atoms with Crippen molar-refractivity contribution in [2.24, 2.45) is 0 Å². The van der Waals surface area contributed by atoms with Gasteiger partial charge in [-0.25, -0.2) is 0 Å². The molecule has 0 aliphatic heterocycles. The summed E-state index contributed by atoms with van der Waals surface area (Å²) in [4.78, 5) is 0. The van der Waals surface area contributed by atoms with Crippen LogP contribution in [0.15, 0.2) is 30.3 Å². The Labute approximate surface area is 99.1 Å². The maximum Gasteiger partial charge on any atom is 0.283 e. The molecule has 3 nitrogen and oxygen atoms in total. The summed E-state index contributed by atoms with van der Waals surface area (Å²) in [6.45, 7) is 7.81. The molecule has 0 saturated carbocycles. The monoisotopic (exact) mass is 257 g/mol. The molecule has 0 saturated heterocycles. The number of nitrogens with zero attached hydrogens (tertiary/aromatic N) is 1. The molecule has 1 rings (SSSR count). The van der Waals surface area contributed by atoms with Crippen LogP contribution in [0.25, 0.3) is 0 Å². The normalized spacial score (nSPS) is 15.6. The molecule has 0 N–H and O–H groups in total. The van der Waals surface area contributed by atoms with Crippen LogP contribution in [0, 0.1) is 0 Å². The second kappa shape index (κ2) is 4.74. The van der Waals surface area contributed by atoms with Gasteiger partial charge in [0.15, 0.2) is 8.32 Å². The van der Waals surface area contributed by atoms with Gasteiger partial charge in [0, 0.05) is 19.4 Å². The van der Waals surface area contributed by atoms with Crippen LogP contribution >= 0.6 is 7.52 Å². The summed E-state index contributed by atoms with van der Waals surface area (Å²) < 4.78 is 20.0. The minimum atomic E-state index is -2.73. The molecule has 0 aromatic heterocycles. The van der Waals surface area contributed by atoms with Crippen molar-refractivity contribution in [3.8, 4) is 0 Å². The van der Waals surface area contributed by atoms with Gasteiger partial charge in [0.1, 0.15) is 0 Å². The predicted octanol–water partition coefficient (Wildman–Crippen LogP) is 3.80. The summed E-state index contributed by atoms with van der Waals surface area (Å²) in [5, 5.41) is 0. The minimum Gasteiger partial charge on any atom is -0.356 e. The maximum atomic E-state index is 12.5. The first-order chi connectivity index (χ1) is 7.22. The van der Waals surface area contributed by atoms with E-state index < -0.39 is 15.8 Å². The predicted molar refractivity (Wildman–Crippen MR) is 72.8 cm³/mol. The van der Waals surface area contributed by atoms with Gasteiger partial charge in [-0.15, -0.1) is 0 Å². The molecule has 1 aromatic carbocycles. The number of para-hydroxylation sites is 1. The van der Waals surface area contributed by atoms with Gasteiger partial charge >= 0.3 is 0 Å². The van der Waals surface area contributed by atoms with Gasteiger partial charge in [-0.3, -0.25) is 4.57 Å². The van der Waals surface area contributed by atoms with E-state index in [2.05, 4.69) is 0 Å². The molecule has 0 radical (unpaired) electrons. The lowest BCUT2D eigenvalue weighted by atomic mass is 10.3. The van der Waals surface area contributed by atoms with Gasteiger partial charge in [0.05, 0.1) is 0 Å². The fourth-order valence-corrected chi connectivity index (χ4v) is 6.53. The van der Waals surface area contributed by atoms with Gasteiger partial charge < -0.3 is 8.88 Å². The number of rotatable bonds is 4. The van der Waals surface area contributed by atoms with Gasteiger partial charge in [-0.05, 0) is 31.8 Å². The zero-order valence-corrected chi connectivity index (χ0v) is 12.5. The molecular formula is C11H20NO2PSi. The highest BCUT2D eigenvalue weighted by Gasteiger charge is 2.30. The number of hydrogen-bond donors (Lipinski definition) is 0. The molecule has 0 spiro atoms. The molecule has 0 heterocycles. The summed E-state index contributed by atoms with van der Waals surface area (Å²) >= 11 is 0. The number of benzene rings is 1. The van der Waals surface area contributed by atoms with E-state index in [9.17, 15) is 4.57 Å². The molecule has 0 aliphatic rings. The Morgan fingerprint density at radius 1 is 1.19 bits per heavy atom. The van der Waals surface area contributed by atoms with Gasteiger partial charge in [-0.1, -0.05) is 18.2 Å². The Morgan fingerprint density at radius 3 is 2.12 bits per heavy atom. The number of anilines is 1. The topological polar surface area (TPSA) is 29.5 Å². The Bertz CT molecular complexity index is 389. The van der Waals surface area contributed by atoms with E-state index in [1.54, 1.807) is 11.3 Å². The first-order valence-electron chi connectivity index (χ1n) is 5.30. The van der Waals surface area contributed by atoms with Crippen LogP contribution in [-0.2, 0) is 8.78 Å². The van der Waals surface area contributed by atoms with Crippen molar-refractivity contribution in [1.29, 1.82) is 0 Å². The molecule has 0 bridgehead atoms. The molecule has 1 aromatic rings. The van der Waals surface area contributed by atoms with E-state index in [1.807, 2.05) is 57.0 Å². The standard InChI is InChI=1S/C11H20NO2PSi/c1-12(11-9-7-6-8-10-11)15(2,13)14-16(3,4)5/h6-10H,1-5H3. The van der Waals surface area contributed by atoms with Crippen LogP contribution < -0.4 is 4.67 Å². The highest BCUT2D eigenvalue weighted by molar-refractivity contribution is 7.61. The third kappa shape index (κ3) is 3.78. The van der Waals surface area contributed by atoms with Crippen molar-refractivity contribution in [1.82, 2.24) is 0 Å². The Kier molecular flexibility index (Phi) is 4.00. The summed E-state index contributed by atoms with van der Waals surface area (Å²) in [6.07, 6.45) is 0. The average molecular weight is 257 g/mol. The fraction of sp³-hybridized carbons (Fsp3) is 0.455. The van der Waals surface area contributed by atoms with Gasteiger partial charge in [0.25, 0.3) is 7.52 Å². The second-order valence-corrected chi connectivity index (χ2v) is 12.0. The molecule has 90 valence electrons. The number of hydrogen-bond acceptors (Lipinski definition) is 2. The van der Waals surface area contributed by atoms with Crippen LogP contribution in [0.5, 0.6) is 0 Å². The van der Waals surface area contributed by atoms with Crippen LogP contribution in [0.2, 0.25) is 19.6 Å². The van der Waals surface area contributed by atoms with Crippen molar-refractivity contribution in [3.63, 3.8) is 0 Å². The highest BCUT2D eigenvalue weighted by Crippen LogP contribution is 2.50. The summed E-state index contributed by atoms with van der Waals surface area (Å²) in [7, 11) is -2.71. The van der Waals surface area contributed by atoms with Crippen molar-refractivity contribution in [2.45, 2.75) is 19.6 Å².